The number of aromatic nitrogens is 1. The largest absolute Gasteiger partial charge is 0.455 e. The summed E-state index contributed by atoms with van der Waals surface area (Å²) in [5.74, 6) is 1.10. The Morgan fingerprint density at radius 3 is 2.58 bits per heavy atom. The molecule has 0 saturated carbocycles. The van der Waals surface area contributed by atoms with Gasteiger partial charge in [0.25, 0.3) is 0 Å². The maximum atomic E-state index is 12.0. The molecule has 1 aromatic rings. The van der Waals surface area contributed by atoms with Crippen molar-refractivity contribution in [2.75, 3.05) is 13.1 Å². The third-order valence-electron chi connectivity index (χ3n) is 3.09. The van der Waals surface area contributed by atoms with Crippen molar-refractivity contribution in [3.8, 4) is 0 Å². The third kappa shape index (κ3) is 3.56. The second kappa shape index (κ2) is 5.33. The molecule has 0 aliphatic carbocycles. The number of esters is 1. The molecule has 0 spiro atoms. The summed E-state index contributed by atoms with van der Waals surface area (Å²) in [4.78, 5) is 16.4. The Morgan fingerprint density at radius 1 is 1.37 bits per heavy atom. The van der Waals surface area contributed by atoms with Crippen LogP contribution < -0.4 is 5.32 Å². The average Bonchev–Trinajstić information content (AvgIpc) is 2.70. The molecule has 1 aliphatic heterocycles. The Labute approximate surface area is 113 Å². The molecule has 1 aliphatic rings. The number of aryl methyl sites for hydroxylation is 1. The Morgan fingerprint density at radius 2 is 2.00 bits per heavy atom. The van der Waals surface area contributed by atoms with Crippen LogP contribution in [0.5, 0.6) is 0 Å². The van der Waals surface area contributed by atoms with Gasteiger partial charge in [0, 0.05) is 5.92 Å². The van der Waals surface area contributed by atoms with Gasteiger partial charge in [-0.3, -0.25) is 0 Å². The van der Waals surface area contributed by atoms with E-state index in [-0.39, 0.29) is 0 Å². The molecule has 2 rings (SSSR count). The van der Waals surface area contributed by atoms with Crippen LogP contribution in [0.25, 0.3) is 0 Å². The number of carbonyl (C=O) groups excluding carboxylic acids is 1. The highest BCUT2D eigenvalue weighted by atomic mass is 16.6. The van der Waals surface area contributed by atoms with Crippen LogP contribution in [0.1, 0.15) is 61.7 Å². The Balaban J connectivity index is 2.14. The van der Waals surface area contributed by atoms with E-state index in [9.17, 15) is 4.79 Å². The molecule has 19 heavy (non-hydrogen) atoms. The zero-order valence-corrected chi connectivity index (χ0v) is 12.1. The van der Waals surface area contributed by atoms with Crippen LogP contribution >= 0.6 is 0 Å². The van der Waals surface area contributed by atoms with Crippen molar-refractivity contribution in [1.29, 1.82) is 0 Å². The summed E-state index contributed by atoms with van der Waals surface area (Å²) in [5.41, 5.74) is -0.208. The first-order valence-electron chi connectivity index (χ1n) is 6.78. The minimum absolute atomic E-state index is 0.302. The molecule has 0 atom stereocenters. The molecule has 1 saturated heterocycles. The Bertz CT molecular complexity index is 454. The van der Waals surface area contributed by atoms with Crippen LogP contribution in [0.3, 0.4) is 0 Å². The number of carbonyl (C=O) groups is 1. The minimum atomic E-state index is -0.516. The number of piperidine rings is 1. The van der Waals surface area contributed by atoms with Gasteiger partial charge in [0.05, 0.1) is 0 Å². The van der Waals surface area contributed by atoms with E-state index < -0.39 is 11.6 Å². The van der Waals surface area contributed by atoms with Crippen LogP contribution in [-0.2, 0) is 4.74 Å². The van der Waals surface area contributed by atoms with Crippen molar-refractivity contribution in [2.45, 2.75) is 52.1 Å². The van der Waals surface area contributed by atoms with E-state index in [1.165, 1.54) is 0 Å². The fourth-order valence-electron chi connectivity index (χ4n) is 2.18. The van der Waals surface area contributed by atoms with E-state index in [1.807, 2.05) is 20.8 Å². The molecule has 1 N–H and O–H groups in total. The molecule has 0 unspecified atom stereocenters. The highest BCUT2D eigenvalue weighted by Crippen LogP contribution is 2.27. The van der Waals surface area contributed by atoms with E-state index in [0.29, 0.717) is 23.3 Å². The van der Waals surface area contributed by atoms with Crippen LogP contribution in [0.2, 0.25) is 0 Å². The smallest absolute Gasteiger partial charge is 0.361 e. The SMILES string of the molecule is Cc1oc(C2CCNCC2)nc1C(=O)OC(C)(C)C. The molecule has 0 aromatic carbocycles. The Kier molecular flexibility index (Phi) is 3.94. The summed E-state index contributed by atoms with van der Waals surface area (Å²) in [6, 6.07) is 0. The van der Waals surface area contributed by atoms with Crippen molar-refractivity contribution in [3.05, 3.63) is 17.3 Å². The number of rotatable bonds is 2. The van der Waals surface area contributed by atoms with Crippen LogP contribution in [0.4, 0.5) is 0 Å². The third-order valence-corrected chi connectivity index (χ3v) is 3.09. The maximum absolute atomic E-state index is 12.0. The summed E-state index contributed by atoms with van der Waals surface area (Å²) >= 11 is 0. The maximum Gasteiger partial charge on any atom is 0.361 e. The lowest BCUT2D eigenvalue weighted by atomic mass is 9.98. The summed E-state index contributed by atoms with van der Waals surface area (Å²) in [6.07, 6.45) is 1.99. The number of nitrogens with one attached hydrogen (secondary N) is 1. The molecule has 1 fully saturated rings. The monoisotopic (exact) mass is 266 g/mol. The molecular formula is C14H22N2O3. The zero-order valence-electron chi connectivity index (χ0n) is 12.1. The molecule has 106 valence electrons. The highest BCUT2D eigenvalue weighted by molar-refractivity contribution is 5.88. The standard InChI is InChI=1S/C14H22N2O3/c1-9-11(13(17)19-14(2,3)4)16-12(18-9)10-5-7-15-8-6-10/h10,15H,5-8H2,1-4H3. The van der Waals surface area contributed by atoms with Crippen LogP contribution in [0.15, 0.2) is 4.42 Å². The normalized spacial score (nSPS) is 17.5. The lowest BCUT2D eigenvalue weighted by molar-refractivity contribution is 0.00617. The first-order chi connectivity index (χ1) is 8.87. The molecule has 2 heterocycles. The van der Waals surface area contributed by atoms with Gasteiger partial charge in [-0.25, -0.2) is 9.78 Å². The van der Waals surface area contributed by atoms with Crippen molar-refractivity contribution in [3.63, 3.8) is 0 Å². The van der Waals surface area contributed by atoms with Gasteiger partial charge >= 0.3 is 5.97 Å². The number of ether oxygens (including phenoxy) is 1. The van der Waals surface area contributed by atoms with Crippen molar-refractivity contribution in [2.24, 2.45) is 0 Å². The lowest BCUT2D eigenvalue weighted by Crippen LogP contribution is -2.27. The average molecular weight is 266 g/mol. The van der Waals surface area contributed by atoms with Crippen LogP contribution in [0, 0.1) is 6.92 Å². The van der Waals surface area contributed by atoms with Gasteiger partial charge in [0.2, 0.25) is 0 Å². The highest BCUT2D eigenvalue weighted by Gasteiger charge is 2.27. The summed E-state index contributed by atoms with van der Waals surface area (Å²) in [7, 11) is 0. The first kappa shape index (κ1) is 14.1. The lowest BCUT2D eigenvalue weighted by Gasteiger charge is -2.19. The number of nitrogens with zero attached hydrogens (tertiary/aromatic N) is 1. The van der Waals surface area contributed by atoms with E-state index in [1.54, 1.807) is 6.92 Å². The van der Waals surface area contributed by atoms with Gasteiger partial charge < -0.3 is 14.5 Å². The molecule has 0 amide bonds. The fourth-order valence-corrected chi connectivity index (χ4v) is 2.18. The van der Waals surface area contributed by atoms with E-state index >= 15 is 0 Å². The molecule has 0 bridgehead atoms. The summed E-state index contributed by atoms with van der Waals surface area (Å²) < 4.78 is 11.0. The second-order valence-electron chi connectivity index (χ2n) is 5.98. The molecule has 1 aromatic heterocycles. The first-order valence-corrected chi connectivity index (χ1v) is 6.78. The van der Waals surface area contributed by atoms with Gasteiger partial charge in [-0.15, -0.1) is 0 Å². The van der Waals surface area contributed by atoms with Gasteiger partial charge in [-0.05, 0) is 53.6 Å². The van der Waals surface area contributed by atoms with Gasteiger partial charge in [-0.1, -0.05) is 0 Å². The Hall–Kier alpha value is -1.36. The predicted octanol–water partition coefficient (Wildman–Crippen LogP) is 2.41. The summed E-state index contributed by atoms with van der Waals surface area (Å²) in [5, 5.41) is 3.30. The zero-order chi connectivity index (χ0) is 14.0. The second-order valence-corrected chi connectivity index (χ2v) is 5.98. The van der Waals surface area contributed by atoms with Crippen molar-refractivity contribution >= 4 is 5.97 Å². The van der Waals surface area contributed by atoms with Gasteiger partial charge in [0.15, 0.2) is 11.6 Å². The van der Waals surface area contributed by atoms with E-state index in [0.717, 1.165) is 25.9 Å². The minimum Gasteiger partial charge on any atom is -0.455 e. The topological polar surface area (TPSA) is 64.4 Å². The number of hydrogen-bond donors (Lipinski definition) is 1. The summed E-state index contributed by atoms with van der Waals surface area (Å²) in [6.45, 7) is 9.22. The molecule has 0 radical (unpaired) electrons. The molecule has 5 nitrogen and oxygen atoms in total. The molecular weight excluding hydrogens is 244 g/mol. The number of oxazole rings is 1. The fraction of sp³-hybridized carbons (Fsp3) is 0.714. The molecule has 5 heteroatoms. The van der Waals surface area contributed by atoms with E-state index in [2.05, 4.69) is 10.3 Å². The van der Waals surface area contributed by atoms with Crippen molar-refractivity contribution < 1.29 is 13.9 Å². The van der Waals surface area contributed by atoms with Crippen LogP contribution in [-0.4, -0.2) is 29.6 Å². The van der Waals surface area contributed by atoms with Gasteiger partial charge in [0.1, 0.15) is 11.4 Å². The van der Waals surface area contributed by atoms with Crippen molar-refractivity contribution in [1.82, 2.24) is 10.3 Å². The van der Waals surface area contributed by atoms with Gasteiger partial charge in [-0.2, -0.15) is 0 Å². The number of hydrogen-bond acceptors (Lipinski definition) is 5. The predicted molar refractivity (Wildman–Crippen MR) is 71.3 cm³/mol. The van der Waals surface area contributed by atoms with E-state index in [4.69, 9.17) is 9.15 Å². The quantitative estimate of drug-likeness (QED) is 0.833.